The summed E-state index contributed by atoms with van der Waals surface area (Å²) in [4.78, 5) is 14.1. The molecule has 0 saturated heterocycles. The standard InChI is InChI=1S/C14H33NO5Si2/c1-13(14(16)20-21(6,7)8)12-15(2)10-9-11-22(17-3,18-4)19-5/h13H,9-12H2,1-8H3. The van der Waals surface area contributed by atoms with Gasteiger partial charge in [0.2, 0.25) is 8.32 Å². The summed E-state index contributed by atoms with van der Waals surface area (Å²) in [6.07, 6.45) is 0.897. The summed E-state index contributed by atoms with van der Waals surface area (Å²) in [5.41, 5.74) is 0. The molecule has 0 saturated carbocycles. The third-order valence-corrected chi connectivity index (χ3v) is 7.00. The molecular weight excluding hydrogens is 318 g/mol. The first kappa shape index (κ1) is 21.7. The first-order chi connectivity index (χ1) is 10.1. The lowest BCUT2D eigenvalue weighted by Crippen LogP contribution is -2.43. The Balaban J connectivity index is 4.18. The average Bonchev–Trinajstić information content (AvgIpc) is 2.42. The van der Waals surface area contributed by atoms with Gasteiger partial charge in [0.15, 0.2) is 0 Å². The molecule has 22 heavy (non-hydrogen) atoms. The Kier molecular flexibility index (Phi) is 9.67. The van der Waals surface area contributed by atoms with Gasteiger partial charge in [0.1, 0.15) is 0 Å². The highest BCUT2D eigenvalue weighted by molar-refractivity contribution is 6.71. The Morgan fingerprint density at radius 3 is 2.00 bits per heavy atom. The van der Waals surface area contributed by atoms with Crippen LogP contribution in [0.25, 0.3) is 0 Å². The van der Waals surface area contributed by atoms with Crippen molar-refractivity contribution in [2.24, 2.45) is 5.92 Å². The van der Waals surface area contributed by atoms with E-state index in [4.69, 9.17) is 17.7 Å². The highest BCUT2D eigenvalue weighted by atomic mass is 28.4. The van der Waals surface area contributed by atoms with Gasteiger partial charge in [0.25, 0.3) is 5.97 Å². The second kappa shape index (κ2) is 9.79. The Hall–Kier alpha value is -0.256. The average molecular weight is 352 g/mol. The van der Waals surface area contributed by atoms with Gasteiger partial charge < -0.3 is 22.6 Å². The molecule has 6 nitrogen and oxygen atoms in total. The topological polar surface area (TPSA) is 57.2 Å². The number of hydrogen-bond donors (Lipinski definition) is 0. The molecule has 0 bridgehead atoms. The van der Waals surface area contributed by atoms with Crippen LogP contribution in [0.1, 0.15) is 13.3 Å². The van der Waals surface area contributed by atoms with Gasteiger partial charge in [-0.25, -0.2) is 0 Å². The fourth-order valence-corrected chi connectivity index (χ4v) is 4.67. The van der Waals surface area contributed by atoms with Gasteiger partial charge in [-0.1, -0.05) is 6.92 Å². The van der Waals surface area contributed by atoms with E-state index < -0.39 is 17.1 Å². The van der Waals surface area contributed by atoms with Crippen LogP contribution in [0.2, 0.25) is 25.7 Å². The molecule has 0 N–H and O–H groups in total. The first-order valence-corrected chi connectivity index (χ1v) is 13.0. The summed E-state index contributed by atoms with van der Waals surface area (Å²) in [6.45, 7) is 9.51. The molecule has 0 fully saturated rings. The van der Waals surface area contributed by atoms with Gasteiger partial charge >= 0.3 is 8.80 Å². The van der Waals surface area contributed by atoms with Gasteiger partial charge in [-0.3, -0.25) is 4.79 Å². The molecule has 0 aromatic rings. The van der Waals surface area contributed by atoms with E-state index in [1.165, 1.54) is 0 Å². The van der Waals surface area contributed by atoms with Crippen molar-refractivity contribution >= 4 is 23.1 Å². The maximum Gasteiger partial charge on any atom is 0.500 e. The van der Waals surface area contributed by atoms with Crippen LogP contribution in [-0.2, 0) is 22.5 Å². The number of hydrogen-bond acceptors (Lipinski definition) is 6. The zero-order valence-electron chi connectivity index (χ0n) is 15.4. The van der Waals surface area contributed by atoms with Crippen molar-refractivity contribution in [1.82, 2.24) is 4.90 Å². The van der Waals surface area contributed by atoms with Gasteiger partial charge in [-0.2, -0.15) is 0 Å². The summed E-state index contributed by atoms with van der Waals surface area (Å²) in [7, 11) is 2.57. The Morgan fingerprint density at radius 1 is 1.09 bits per heavy atom. The van der Waals surface area contributed by atoms with Crippen molar-refractivity contribution in [3.8, 4) is 0 Å². The molecule has 0 aromatic carbocycles. The Morgan fingerprint density at radius 2 is 1.59 bits per heavy atom. The molecule has 1 unspecified atom stereocenters. The van der Waals surface area contributed by atoms with Crippen molar-refractivity contribution in [3.05, 3.63) is 0 Å². The highest BCUT2D eigenvalue weighted by Gasteiger charge is 2.37. The smallest absolute Gasteiger partial charge is 0.500 e. The van der Waals surface area contributed by atoms with Crippen molar-refractivity contribution in [1.29, 1.82) is 0 Å². The predicted octanol–water partition coefficient (Wildman–Crippen LogP) is 2.20. The Bertz CT molecular complexity index is 323. The van der Waals surface area contributed by atoms with Gasteiger partial charge in [-0.05, 0) is 39.7 Å². The van der Waals surface area contributed by atoms with Crippen LogP contribution in [0.3, 0.4) is 0 Å². The first-order valence-electron chi connectivity index (χ1n) is 7.66. The van der Waals surface area contributed by atoms with E-state index in [1.807, 2.05) is 33.6 Å². The van der Waals surface area contributed by atoms with Crippen molar-refractivity contribution in [2.45, 2.75) is 39.0 Å². The molecule has 0 spiro atoms. The number of carbonyl (C=O) groups excluding carboxylic acids is 1. The van der Waals surface area contributed by atoms with Crippen molar-refractivity contribution < 1.29 is 22.5 Å². The fraction of sp³-hybridized carbons (Fsp3) is 0.929. The van der Waals surface area contributed by atoms with E-state index in [1.54, 1.807) is 21.3 Å². The number of carbonyl (C=O) groups is 1. The lowest BCUT2D eigenvalue weighted by atomic mass is 10.2. The van der Waals surface area contributed by atoms with Gasteiger partial charge in [0, 0.05) is 33.9 Å². The summed E-state index contributed by atoms with van der Waals surface area (Å²) in [5, 5.41) is 0. The maximum atomic E-state index is 12.0. The van der Waals surface area contributed by atoms with Crippen molar-refractivity contribution in [2.75, 3.05) is 41.5 Å². The summed E-state index contributed by atoms with van der Waals surface area (Å²) in [5.74, 6) is -0.216. The maximum absolute atomic E-state index is 12.0. The van der Waals surface area contributed by atoms with Crippen LogP contribution in [0.4, 0.5) is 0 Å². The summed E-state index contributed by atoms with van der Waals surface area (Å²) >= 11 is 0. The highest BCUT2D eigenvalue weighted by Crippen LogP contribution is 2.15. The van der Waals surface area contributed by atoms with Crippen LogP contribution < -0.4 is 0 Å². The lowest BCUT2D eigenvalue weighted by Gasteiger charge is -2.26. The summed E-state index contributed by atoms with van der Waals surface area (Å²) < 4.78 is 21.7. The molecule has 0 aliphatic rings. The fourth-order valence-electron chi connectivity index (χ4n) is 2.16. The zero-order chi connectivity index (χ0) is 17.4. The van der Waals surface area contributed by atoms with Crippen LogP contribution >= 0.6 is 0 Å². The molecular formula is C14H33NO5Si2. The largest absolute Gasteiger partial charge is 0.520 e. The second-order valence-corrected chi connectivity index (χ2v) is 14.1. The normalized spacial score (nSPS) is 14.2. The molecule has 0 aliphatic carbocycles. The SMILES string of the molecule is CO[Si](CCCN(C)CC(C)C(=O)O[Si](C)(C)C)(OC)OC. The third-order valence-electron chi connectivity index (χ3n) is 3.35. The molecule has 0 heterocycles. The monoisotopic (exact) mass is 351 g/mol. The zero-order valence-corrected chi connectivity index (χ0v) is 17.4. The minimum Gasteiger partial charge on any atom is -0.520 e. The van der Waals surface area contributed by atoms with E-state index in [0.717, 1.165) is 19.0 Å². The van der Waals surface area contributed by atoms with Crippen LogP contribution in [0.15, 0.2) is 0 Å². The van der Waals surface area contributed by atoms with Gasteiger partial charge in [0.05, 0.1) is 5.92 Å². The van der Waals surface area contributed by atoms with E-state index >= 15 is 0 Å². The molecule has 0 rings (SSSR count). The van der Waals surface area contributed by atoms with Crippen molar-refractivity contribution in [3.63, 3.8) is 0 Å². The lowest BCUT2D eigenvalue weighted by molar-refractivity contribution is -0.139. The Labute approximate surface area is 137 Å². The molecule has 132 valence electrons. The third kappa shape index (κ3) is 8.40. The molecule has 0 aliphatic heterocycles. The van der Waals surface area contributed by atoms with E-state index in [9.17, 15) is 4.79 Å². The minimum absolute atomic E-state index is 0.0968. The quantitative estimate of drug-likeness (QED) is 0.532. The molecule has 0 aromatic heterocycles. The van der Waals surface area contributed by atoms with E-state index in [0.29, 0.717) is 6.54 Å². The minimum atomic E-state index is -2.49. The van der Waals surface area contributed by atoms with E-state index in [2.05, 4.69) is 4.90 Å². The molecule has 0 amide bonds. The van der Waals surface area contributed by atoms with Crippen LogP contribution in [0, 0.1) is 5.92 Å². The second-order valence-electron chi connectivity index (χ2n) is 6.60. The van der Waals surface area contributed by atoms with Crippen LogP contribution in [-0.4, -0.2) is 69.5 Å². The molecule has 0 radical (unpaired) electrons. The van der Waals surface area contributed by atoms with Crippen LogP contribution in [0.5, 0.6) is 0 Å². The summed E-state index contributed by atoms with van der Waals surface area (Å²) in [6, 6.07) is 0.759. The molecule has 1 atom stereocenters. The predicted molar refractivity (Wildman–Crippen MR) is 92.3 cm³/mol. The van der Waals surface area contributed by atoms with E-state index in [-0.39, 0.29) is 11.9 Å². The van der Waals surface area contributed by atoms with Gasteiger partial charge in [-0.15, -0.1) is 0 Å². The molecule has 8 heteroatoms. The number of nitrogens with zero attached hydrogens (tertiary/aromatic N) is 1. The number of rotatable bonds is 11.